The maximum Gasteiger partial charge on any atom is 0.281 e. The molecule has 0 aliphatic carbocycles. The quantitative estimate of drug-likeness (QED) is 0.473. The van der Waals surface area contributed by atoms with Gasteiger partial charge in [0, 0.05) is 24.1 Å². The zero-order chi connectivity index (χ0) is 19.2. The number of anilines is 1. The molecule has 0 bridgehead atoms. The summed E-state index contributed by atoms with van der Waals surface area (Å²) < 4.78 is 0. The third kappa shape index (κ3) is 2.75. The standard InChI is InChI=1S/C19H15N3O5/c1-12-5-7-14(8-6-12)21-17(23)11-19(18(21)24)10-16(20-27-19)13-3-2-4-15(9-13)22(25)26/h2-9H,10-11H2,1H3/t19-/m0/s1. The number of carbonyl (C=O) groups is 2. The highest BCUT2D eigenvalue weighted by Crippen LogP contribution is 2.39. The van der Waals surface area contributed by atoms with Crippen molar-refractivity contribution < 1.29 is 19.3 Å². The molecular weight excluding hydrogens is 350 g/mol. The Bertz CT molecular complexity index is 999. The van der Waals surface area contributed by atoms with E-state index in [2.05, 4.69) is 5.16 Å². The van der Waals surface area contributed by atoms with Crippen LogP contribution in [0, 0.1) is 17.0 Å². The van der Waals surface area contributed by atoms with Crippen LogP contribution in [-0.4, -0.2) is 28.1 Å². The van der Waals surface area contributed by atoms with Crippen molar-refractivity contribution >= 4 is 28.9 Å². The summed E-state index contributed by atoms with van der Waals surface area (Å²) in [7, 11) is 0. The smallest absolute Gasteiger partial charge is 0.281 e. The van der Waals surface area contributed by atoms with E-state index in [1.807, 2.05) is 19.1 Å². The first-order valence-corrected chi connectivity index (χ1v) is 8.34. The van der Waals surface area contributed by atoms with E-state index in [-0.39, 0.29) is 24.4 Å². The second kappa shape index (κ2) is 6.01. The first-order valence-electron chi connectivity index (χ1n) is 8.34. The van der Waals surface area contributed by atoms with Gasteiger partial charge in [0.2, 0.25) is 11.5 Å². The molecule has 8 nitrogen and oxygen atoms in total. The number of aryl methyl sites for hydroxylation is 1. The molecule has 1 saturated heterocycles. The lowest BCUT2D eigenvalue weighted by molar-refractivity contribution is -0.384. The molecule has 0 radical (unpaired) electrons. The number of carbonyl (C=O) groups excluding carboxylic acids is 2. The maximum absolute atomic E-state index is 13.0. The van der Waals surface area contributed by atoms with Gasteiger partial charge in [0.15, 0.2) is 0 Å². The molecule has 4 rings (SSSR count). The van der Waals surface area contributed by atoms with Gasteiger partial charge < -0.3 is 4.84 Å². The van der Waals surface area contributed by atoms with Gasteiger partial charge >= 0.3 is 0 Å². The monoisotopic (exact) mass is 365 g/mol. The number of benzene rings is 2. The highest BCUT2D eigenvalue weighted by molar-refractivity contribution is 6.25. The van der Waals surface area contributed by atoms with E-state index < -0.39 is 16.4 Å². The predicted molar refractivity (Wildman–Crippen MR) is 96.4 cm³/mol. The average molecular weight is 365 g/mol. The van der Waals surface area contributed by atoms with Crippen LogP contribution in [0.25, 0.3) is 0 Å². The molecule has 2 aromatic carbocycles. The van der Waals surface area contributed by atoms with Gasteiger partial charge in [-0.2, -0.15) is 0 Å². The molecular formula is C19H15N3O5. The Hall–Kier alpha value is -3.55. The summed E-state index contributed by atoms with van der Waals surface area (Å²) in [5.41, 5.74) is 0.940. The zero-order valence-corrected chi connectivity index (χ0v) is 14.4. The highest BCUT2D eigenvalue weighted by atomic mass is 16.7. The van der Waals surface area contributed by atoms with Crippen LogP contribution >= 0.6 is 0 Å². The van der Waals surface area contributed by atoms with E-state index >= 15 is 0 Å². The van der Waals surface area contributed by atoms with Crippen molar-refractivity contribution in [1.29, 1.82) is 0 Å². The summed E-state index contributed by atoms with van der Waals surface area (Å²) in [6.07, 6.45) is -0.0389. The lowest BCUT2D eigenvalue weighted by Gasteiger charge is -2.19. The van der Waals surface area contributed by atoms with E-state index in [1.54, 1.807) is 24.3 Å². The molecule has 8 heteroatoms. The minimum Gasteiger partial charge on any atom is -0.378 e. The number of rotatable bonds is 3. The summed E-state index contributed by atoms with van der Waals surface area (Å²) in [6.45, 7) is 1.91. The fourth-order valence-corrected chi connectivity index (χ4v) is 3.31. The van der Waals surface area contributed by atoms with Gasteiger partial charge in [-0.25, -0.2) is 4.90 Å². The molecule has 2 aliphatic rings. The lowest BCUT2D eigenvalue weighted by atomic mass is 9.92. The molecule has 0 aromatic heterocycles. The zero-order valence-electron chi connectivity index (χ0n) is 14.4. The molecule has 2 aromatic rings. The third-order valence-corrected chi connectivity index (χ3v) is 4.74. The van der Waals surface area contributed by atoms with E-state index in [9.17, 15) is 19.7 Å². The summed E-state index contributed by atoms with van der Waals surface area (Å²) in [5.74, 6) is -0.833. The van der Waals surface area contributed by atoms with Crippen molar-refractivity contribution in [2.75, 3.05) is 4.90 Å². The van der Waals surface area contributed by atoms with Crippen molar-refractivity contribution in [2.45, 2.75) is 25.4 Å². The predicted octanol–water partition coefficient (Wildman–Crippen LogP) is 2.73. The van der Waals surface area contributed by atoms with Crippen LogP contribution in [-0.2, 0) is 14.4 Å². The fourth-order valence-electron chi connectivity index (χ4n) is 3.31. The van der Waals surface area contributed by atoms with Gasteiger partial charge in [0.05, 0.1) is 22.7 Å². The number of nitro groups is 1. The number of hydrogen-bond acceptors (Lipinski definition) is 6. The molecule has 0 unspecified atom stereocenters. The first-order chi connectivity index (χ1) is 12.9. The first kappa shape index (κ1) is 16.9. The largest absolute Gasteiger partial charge is 0.378 e. The van der Waals surface area contributed by atoms with Crippen LogP contribution in [0.5, 0.6) is 0 Å². The Kier molecular flexibility index (Phi) is 3.76. The Balaban J connectivity index is 1.60. The van der Waals surface area contributed by atoms with E-state index in [4.69, 9.17) is 4.84 Å². The van der Waals surface area contributed by atoms with Gasteiger partial charge in [-0.05, 0) is 19.1 Å². The Morgan fingerprint density at radius 1 is 1.15 bits per heavy atom. The maximum atomic E-state index is 13.0. The highest BCUT2D eigenvalue weighted by Gasteiger charge is 2.58. The molecule has 27 heavy (non-hydrogen) atoms. The molecule has 0 saturated carbocycles. The number of nitrogens with zero attached hydrogens (tertiary/aromatic N) is 3. The van der Waals surface area contributed by atoms with E-state index in [1.165, 1.54) is 12.1 Å². The topological polar surface area (TPSA) is 102 Å². The van der Waals surface area contributed by atoms with Crippen molar-refractivity contribution in [3.63, 3.8) is 0 Å². The second-order valence-corrected chi connectivity index (χ2v) is 6.65. The normalized spacial score (nSPS) is 21.5. The van der Waals surface area contributed by atoms with Gasteiger partial charge in [-0.3, -0.25) is 19.7 Å². The van der Waals surface area contributed by atoms with Gasteiger partial charge in [-0.15, -0.1) is 0 Å². The minimum atomic E-state index is -1.39. The van der Waals surface area contributed by atoms with Crippen LogP contribution in [0.1, 0.15) is 24.0 Å². The molecule has 1 fully saturated rings. The Morgan fingerprint density at radius 3 is 2.59 bits per heavy atom. The molecule has 1 spiro atoms. The average Bonchev–Trinajstić information content (AvgIpc) is 3.18. The second-order valence-electron chi connectivity index (χ2n) is 6.65. The summed E-state index contributed by atoms with van der Waals surface area (Å²) in [6, 6.07) is 13.0. The molecule has 2 aliphatic heterocycles. The van der Waals surface area contributed by atoms with Crippen LogP contribution in [0.3, 0.4) is 0 Å². The van der Waals surface area contributed by atoms with Crippen LogP contribution in [0.15, 0.2) is 53.7 Å². The number of non-ortho nitro benzene ring substituents is 1. The Morgan fingerprint density at radius 2 is 1.89 bits per heavy atom. The number of imide groups is 1. The number of oxime groups is 1. The molecule has 1 atom stereocenters. The molecule has 2 heterocycles. The molecule has 2 amide bonds. The van der Waals surface area contributed by atoms with Crippen molar-refractivity contribution in [1.82, 2.24) is 0 Å². The van der Waals surface area contributed by atoms with Crippen LogP contribution in [0.2, 0.25) is 0 Å². The van der Waals surface area contributed by atoms with Crippen LogP contribution < -0.4 is 4.90 Å². The minimum absolute atomic E-state index is 0.0775. The molecule has 136 valence electrons. The van der Waals surface area contributed by atoms with Gasteiger partial charge in [0.1, 0.15) is 0 Å². The number of hydrogen-bond donors (Lipinski definition) is 0. The van der Waals surface area contributed by atoms with Crippen molar-refractivity contribution in [3.05, 3.63) is 69.8 Å². The number of nitro benzene ring substituents is 1. The van der Waals surface area contributed by atoms with Crippen molar-refractivity contribution in [2.24, 2.45) is 5.16 Å². The van der Waals surface area contributed by atoms with Gasteiger partial charge in [0.25, 0.3) is 11.6 Å². The Labute approximate surface area is 154 Å². The summed E-state index contributed by atoms with van der Waals surface area (Å²) >= 11 is 0. The third-order valence-electron chi connectivity index (χ3n) is 4.74. The molecule has 0 N–H and O–H groups in total. The van der Waals surface area contributed by atoms with E-state index in [0.717, 1.165) is 10.5 Å². The number of amides is 2. The van der Waals surface area contributed by atoms with E-state index in [0.29, 0.717) is 17.0 Å². The summed E-state index contributed by atoms with van der Waals surface area (Å²) in [4.78, 5) is 42.5. The fraction of sp³-hybridized carbons (Fsp3) is 0.211. The van der Waals surface area contributed by atoms with Gasteiger partial charge in [-0.1, -0.05) is 35.0 Å². The lowest BCUT2D eigenvalue weighted by Crippen LogP contribution is -2.40. The SMILES string of the molecule is Cc1ccc(N2C(=O)C[C@@]3(CC(c4cccc([N+](=O)[O-])c4)=NO3)C2=O)cc1. The summed E-state index contributed by atoms with van der Waals surface area (Å²) in [5, 5.41) is 14.9. The van der Waals surface area contributed by atoms with Crippen molar-refractivity contribution in [3.8, 4) is 0 Å². The van der Waals surface area contributed by atoms with Crippen LogP contribution in [0.4, 0.5) is 11.4 Å².